The molecule has 0 amide bonds. The second kappa shape index (κ2) is 6.94. The third kappa shape index (κ3) is 3.57. The summed E-state index contributed by atoms with van der Waals surface area (Å²) < 4.78 is 50.5. The highest BCUT2D eigenvalue weighted by Gasteiger charge is 2.29. The first-order valence-electron chi connectivity index (χ1n) is 8.45. The summed E-state index contributed by atoms with van der Waals surface area (Å²) in [6.07, 6.45) is 4.90. The van der Waals surface area contributed by atoms with Crippen LogP contribution >= 0.6 is 0 Å². The van der Waals surface area contributed by atoms with Crippen LogP contribution in [-0.2, 0) is 16.6 Å². The van der Waals surface area contributed by atoms with Gasteiger partial charge in [0.2, 0.25) is 15.8 Å². The molecule has 9 nitrogen and oxygen atoms in total. The van der Waals surface area contributed by atoms with Crippen molar-refractivity contribution in [3.8, 4) is 22.8 Å². The maximum Gasteiger partial charge on any atom is 0.263 e. The second-order valence-electron chi connectivity index (χ2n) is 6.43. The van der Waals surface area contributed by atoms with Gasteiger partial charge in [0.25, 0.3) is 5.89 Å². The largest absolute Gasteiger partial charge is 0.464 e. The number of aromatic nitrogens is 4. The molecule has 0 aliphatic rings. The summed E-state index contributed by atoms with van der Waals surface area (Å²) in [6, 6.07) is 4.41. The molecule has 150 valence electrons. The summed E-state index contributed by atoms with van der Waals surface area (Å²) in [6.45, 7) is 3.33. The van der Waals surface area contributed by atoms with Gasteiger partial charge in [0.1, 0.15) is 27.8 Å². The van der Waals surface area contributed by atoms with Crippen LogP contribution in [0.5, 0.6) is 0 Å². The standard InChI is InChI=1S/C18H16FN5O4S/c1-10-15(16(11(2)27-10)29(20,25)26)18-22-17(23-28-18)12-3-4-14(19)13(7-12)8-24-6-5-21-9-24/h3-7,9H,8H2,1-2H3,(H2,20,25,26). The molecule has 3 aromatic heterocycles. The number of rotatable bonds is 5. The Balaban J connectivity index is 1.75. The Labute approximate surface area is 165 Å². The number of imidazole rings is 1. The summed E-state index contributed by atoms with van der Waals surface area (Å²) in [5.74, 6) is 0.138. The fraction of sp³-hybridized carbons (Fsp3) is 0.167. The number of nitrogens with zero attached hydrogens (tertiary/aromatic N) is 4. The average Bonchev–Trinajstić information content (AvgIpc) is 3.36. The van der Waals surface area contributed by atoms with Gasteiger partial charge in [-0.2, -0.15) is 4.98 Å². The Bertz CT molecular complexity index is 1290. The third-order valence-electron chi connectivity index (χ3n) is 4.35. The molecule has 0 aliphatic carbocycles. The zero-order valence-corrected chi connectivity index (χ0v) is 16.3. The van der Waals surface area contributed by atoms with E-state index in [4.69, 9.17) is 14.1 Å². The van der Waals surface area contributed by atoms with Crippen molar-refractivity contribution >= 4 is 10.0 Å². The lowest BCUT2D eigenvalue weighted by molar-refractivity contribution is 0.430. The van der Waals surface area contributed by atoms with Crippen molar-refractivity contribution in [1.82, 2.24) is 19.7 Å². The van der Waals surface area contributed by atoms with Crippen LogP contribution < -0.4 is 5.14 Å². The van der Waals surface area contributed by atoms with Crippen LogP contribution in [0.25, 0.3) is 22.8 Å². The molecular weight excluding hydrogens is 401 g/mol. The third-order valence-corrected chi connectivity index (χ3v) is 5.41. The smallest absolute Gasteiger partial charge is 0.263 e. The zero-order valence-electron chi connectivity index (χ0n) is 15.5. The Morgan fingerprint density at radius 3 is 2.72 bits per heavy atom. The van der Waals surface area contributed by atoms with Crippen molar-refractivity contribution in [1.29, 1.82) is 0 Å². The van der Waals surface area contributed by atoms with Gasteiger partial charge >= 0.3 is 0 Å². The number of primary sulfonamides is 1. The molecule has 0 spiro atoms. The monoisotopic (exact) mass is 417 g/mol. The first-order chi connectivity index (χ1) is 13.7. The van der Waals surface area contributed by atoms with Gasteiger partial charge in [0, 0.05) is 23.5 Å². The molecule has 0 unspecified atom stereocenters. The number of hydrogen-bond acceptors (Lipinski definition) is 7. The lowest BCUT2D eigenvalue weighted by atomic mass is 10.1. The highest BCUT2D eigenvalue weighted by atomic mass is 32.2. The minimum Gasteiger partial charge on any atom is -0.464 e. The lowest BCUT2D eigenvalue weighted by Crippen LogP contribution is -2.13. The maximum atomic E-state index is 14.2. The van der Waals surface area contributed by atoms with E-state index < -0.39 is 10.0 Å². The molecular formula is C18H16FN5O4S. The van der Waals surface area contributed by atoms with Gasteiger partial charge in [0.15, 0.2) is 0 Å². The van der Waals surface area contributed by atoms with E-state index in [1.54, 1.807) is 36.3 Å². The molecule has 4 rings (SSSR count). The summed E-state index contributed by atoms with van der Waals surface area (Å²) in [7, 11) is -4.07. The fourth-order valence-corrected chi connectivity index (χ4v) is 4.07. The van der Waals surface area contributed by atoms with Gasteiger partial charge in [-0.1, -0.05) is 5.16 Å². The normalized spacial score (nSPS) is 11.9. The van der Waals surface area contributed by atoms with Gasteiger partial charge in [-0.3, -0.25) is 0 Å². The molecule has 0 saturated carbocycles. The highest BCUT2D eigenvalue weighted by molar-refractivity contribution is 7.89. The fourth-order valence-electron chi connectivity index (χ4n) is 3.11. The van der Waals surface area contributed by atoms with E-state index in [9.17, 15) is 12.8 Å². The van der Waals surface area contributed by atoms with Crippen molar-refractivity contribution in [3.05, 3.63) is 59.8 Å². The molecule has 1 aromatic carbocycles. The van der Waals surface area contributed by atoms with Crippen LogP contribution in [0, 0.1) is 19.7 Å². The van der Waals surface area contributed by atoms with Crippen LogP contribution in [0.2, 0.25) is 0 Å². The van der Waals surface area contributed by atoms with E-state index in [0.717, 1.165) is 0 Å². The van der Waals surface area contributed by atoms with Crippen molar-refractivity contribution < 1.29 is 21.7 Å². The number of furan rings is 1. The van der Waals surface area contributed by atoms with Crippen molar-refractivity contribution in [2.45, 2.75) is 25.3 Å². The van der Waals surface area contributed by atoms with Gasteiger partial charge in [0.05, 0.1) is 12.9 Å². The number of sulfonamides is 1. The molecule has 0 aliphatic heterocycles. The topological polar surface area (TPSA) is 130 Å². The molecule has 0 atom stereocenters. The summed E-state index contributed by atoms with van der Waals surface area (Å²) in [5, 5.41) is 9.20. The minimum absolute atomic E-state index is 0.0566. The summed E-state index contributed by atoms with van der Waals surface area (Å²) in [4.78, 5) is 8.00. The van der Waals surface area contributed by atoms with E-state index >= 15 is 0 Å². The number of aryl methyl sites for hydroxylation is 2. The van der Waals surface area contributed by atoms with E-state index in [-0.39, 0.29) is 46.1 Å². The quantitative estimate of drug-likeness (QED) is 0.528. The van der Waals surface area contributed by atoms with Crippen molar-refractivity contribution in [3.63, 3.8) is 0 Å². The first kappa shape index (κ1) is 19.0. The highest BCUT2D eigenvalue weighted by Crippen LogP contribution is 2.35. The van der Waals surface area contributed by atoms with Crippen LogP contribution in [0.4, 0.5) is 4.39 Å². The Hall–Kier alpha value is -3.31. The summed E-state index contributed by atoms with van der Waals surface area (Å²) >= 11 is 0. The molecule has 0 fully saturated rings. The summed E-state index contributed by atoms with van der Waals surface area (Å²) in [5.41, 5.74) is 1.03. The number of nitrogens with two attached hydrogens (primary N) is 1. The second-order valence-corrected chi connectivity index (χ2v) is 7.93. The van der Waals surface area contributed by atoms with Gasteiger partial charge < -0.3 is 13.5 Å². The van der Waals surface area contributed by atoms with Gasteiger partial charge in [-0.15, -0.1) is 0 Å². The predicted molar refractivity (Wildman–Crippen MR) is 99.6 cm³/mol. The number of halogens is 1. The predicted octanol–water partition coefficient (Wildman–Crippen LogP) is 2.64. The van der Waals surface area contributed by atoms with Gasteiger partial charge in [-0.05, 0) is 32.0 Å². The molecule has 3 heterocycles. The molecule has 2 N–H and O–H groups in total. The minimum atomic E-state index is -4.07. The molecule has 0 radical (unpaired) electrons. The van der Waals surface area contributed by atoms with Crippen molar-refractivity contribution in [2.75, 3.05) is 0 Å². The van der Waals surface area contributed by atoms with E-state index in [2.05, 4.69) is 15.1 Å². The molecule has 4 aromatic rings. The van der Waals surface area contributed by atoms with Crippen LogP contribution in [-0.4, -0.2) is 28.1 Å². The number of hydrogen-bond donors (Lipinski definition) is 1. The van der Waals surface area contributed by atoms with Crippen LogP contribution in [0.1, 0.15) is 17.1 Å². The Kier molecular flexibility index (Phi) is 4.55. The van der Waals surface area contributed by atoms with E-state index in [0.29, 0.717) is 11.1 Å². The molecule has 0 bridgehead atoms. The SMILES string of the molecule is Cc1oc(C)c(S(N)(=O)=O)c1-c1nc(-c2ccc(F)c(Cn3ccnc3)c2)no1. The maximum absolute atomic E-state index is 14.2. The molecule has 29 heavy (non-hydrogen) atoms. The Morgan fingerprint density at radius 1 is 1.24 bits per heavy atom. The van der Waals surface area contributed by atoms with E-state index in [1.807, 2.05) is 0 Å². The van der Waals surface area contributed by atoms with E-state index in [1.165, 1.54) is 19.1 Å². The zero-order chi connectivity index (χ0) is 20.8. The average molecular weight is 417 g/mol. The first-order valence-corrected chi connectivity index (χ1v) is 10.00. The molecule has 11 heteroatoms. The van der Waals surface area contributed by atoms with Gasteiger partial charge in [-0.25, -0.2) is 22.9 Å². The van der Waals surface area contributed by atoms with Crippen molar-refractivity contribution in [2.24, 2.45) is 5.14 Å². The Morgan fingerprint density at radius 2 is 2.03 bits per heavy atom. The lowest BCUT2D eigenvalue weighted by Gasteiger charge is -2.05. The van der Waals surface area contributed by atoms with Crippen LogP contribution in [0.15, 0.2) is 50.8 Å². The molecule has 0 saturated heterocycles. The van der Waals surface area contributed by atoms with Crippen LogP contribution in [0.3, 0.4) is 0 Å². The number of benzene rings is 1.